The first-order valence-electron chi connectivity index (χ1n) is 10.4. The quantitative estimate of drug-likeness (QED) is 0.505. The van der Waals surface area contributed by atoms with Crippen LogP contribution in [0.25, 0.3) is 10.9 Å². The third-order valence-electron chi connectivity index (χ3n) is 6.03. The third kappa shape index (κ3) is 5.11. The van der Waals surface area contributed by atoms with Crippen LogP contribution in [0.3, 0.4) is 0 Å². The fourth-order valence-corrected chi connectivity index (χ4v) is 4.55. The first-order chi connectivity index (χ1) is 15.5. The molecule has 7 heteroatoms. The van der Waals surface area contributed by atoms with E-state index < -0.39 is 0 Å². The van der Waals surface area contributed by atoms with Gasteiger partial charge >= 0.3 is 0 Å². The summed E-state index contributed by atoms with van der Waals surface area (Å²) in [6, 6.07) is 12.7. The van der Waals surface area contributed by atoms with Crippen LogP contribution in [-0.4, -0.2) is 41.4 Å². The zero-order valence-corrected chi connectivity index (χ0v) is 18.9. The number of piperidine rings is 1. The third-order valence-corrected chi connectivity index (χ3v) is 6.25. The zero-order valence-electron chi connectivity index (χ0n) is 18.1. The summed E-state index contributed by atoms with van der Waals surface area (Å²) in [5.74, 6) is -0.227. The summed E-state index contributed by atoms with van der Waals surface area (Å²) in [7, 11) is 2.12. The first kappa shape index (κ1) is 23.8. The van der Waals surface area contributed by atoms with Crippen LogP contribution in [-0.2, 0) is 23.3 Å². The van der Waals surface area contributed by atoms with Gasteiger partial charge in [-0.25, -0.2) is 4.39 Å². The van der Waals surface area contributed by atoms with Crippen LogP contribution < -0.4 is 0 Å². The Bertz CT molecular complexity index is 1110. The SMILES string of the molecule is C#C.CN1CCC(COCc2cc(Cl)cc3cnn(CC#N)c23)(c2ccc(F)cc2)CC1. The van der Waals surface area contributed by atoms with E-state index in [0.29, 0.717) is 18.2 Å². The molecule has 2 aromatic carbocycles. The first-order valence-corrected chi connectivity index (χ1v) is 10.8. The van der Waals surface area contributed by atoms with Gasteiger partial charge in [-0.05, 0) is 62.8 Å². The normalized spacial score (nSPS) is 15.6. The number of halogens is 2. The van der Waals surface area contributed by atoms with Crippen LogP contribution in [0, 0.1) is 30.0 Å². The fourth-order valence-electron chi connectivity index (χ4n) is 4.30. The van der Waals surface area contributed by atoms with Gasteiger partial charge in [-0.3, -0.25) is 4.68 Å². The molecule has 0 saturated carbocycles. The van der Waals surface area contributed by atoms with E-state index in [4.69, 9.17) is 21.6 Å². The van der Waals surface area contributed by atoms with Crippen molar-refractivity contribution in [2.24, 2.45) is 0 Å². The number of fused-ring (bicyclic) bond motifs is 1. The maximum atomic E-state index is 13.5. The number of hydrogen-bond donors (Lipinski definition) is 0. The van der Waals surface area contributed by atoms with Gasteiger partial charge in [0.2, 0.25) is 0 Å². The summed E-state index contributed by atoms with van der Waals surface area (Å²) in [4.78, 5) is 2.31. The molecule has 0 unspecified atom stereocenters. The van der Waals surface area contributed by atoms with Gasteiger partial charge in [0.25, 0.3) is 0 Å². The predicted molar refractivity (Wildman–Crippen MR) is 125 cm³/mol. The number of aromatic nitrogens is 2. The topological polar surface area (TPSA) is 54.1 Å². The van der Waals surface area contributed by atoms with Crippen molar-refractivity contribution in [3.8, 4) is 18.9 Å². The zero-order chi connectivity index (χ0) is 23.1. The van der Waals surface area contributed by atoms with E-state index in [1.54, 1.807) is 10.9 Å². The summed E-state index contributed by atoms with van der Waals surface area (Å²) in [5.41, 5.74) is 2.75. The molecular formula is C25H26ClFN4O. The van der Waals surface area contributed by atoms with Gasteiger partial charge in [-0.2, -0.15) is 10.4 Å². The van der Waals surface area contributed by atoms with E-state index in [1.807, 2.05) is 24.3 Å². The number of ether oxygens (including phenoxy) is 1. The van der Waals surface area contributed by atoms with Crippen molar-refractivity contribution >= 4 is 22.5 Å². The molecule has 1 aromatic heterocycles. The Balaban J connectivity index is 0.00000141. The van der Waals surface area contributed by atoms with E-state index in [9.17, 15) is 4.39 Å². The summed E-state index contributed by atoms with van der Waals surface area (Å²) < 4.78 is 21.4. The van der Waals surface area contributed by atoms with Crippen LogP contribution in [0.15, 0.2) is 42.6 Å². The van der Waals surface area contributed by atoms with Crippen LogP contribution in [0.5, 0.6) is 0 Å². The molecule has 0 amide bonds. The predicted octanol–water partition coefficient (Wildman–Crippen LogP) is 4.78. The number of benzene rings is 2. The molecule has 2 heterocycles. The van der Waals surface area contributed by atoms with Gasteiger partial charge in [0.05, 0.1) is 31.0 Å². The molecule has 3 aromatic rings. The van der Waals surface area contributed by atoms with Crippen molar-refractivity contribution in [3.63, 3.8) is 0 Å². The van der Waals surface area contributed by atoms with Crippen LogP contribution >= 0.6 is 11.6 Å². The average molecular weight is 453 g/mol. The molecule has 0 atom stereocenters. The molecule has 166 valence electrons. The summed E-state index contributed by atoms with van der Waals surface area (Å²) in [5, 5.41) is 14.9. The highest BCUT2D eigenvalue weighted by Crippen LogP contribution is 2.36. The van der Waals surface area contributed by atoms with E-state index in [0.717, 1.165) is 48.0 Å². The lowest BCUT2D eigenvalue weighted by Gasteiger charge is -2.41. The lowest BCUT2D eigenvalue weighted by molar-refractivity contribution is 0.0411. The maximum absolute atomic E-state index is 13.5. The van der Waals surface area contributed by atoms with E-state index in [-0.39, 0.29) is 17.8 Å². The molecule has 0 N–H and O–H groups in total. The monoisotopic (exact) mass is 452 g/mol. The summed E-state index contributed by atoms with van der Waals surface area (Å²) in [6.07, 6.45) is 11.6. The second kappa shape index (κ2) is 10.6. The van der Waals surface area contributed by atoms with Crippen molar-refractivity contribution in [1.82, 2.24) is 14.7 Å². The minimum absolute atomic E-state index is 0.148. The number of terminal acetylenes is 1. The molecule has 32 heavy (non-hydrogen) atoms. The number of nitriles is 1. The molecule has 0 aliphatic carbocycles. The Kier molecular flexibility index (Phi) is 7.88. The van der Waals surface area contributed by atoms with Gasteiger partial charge < -0.3 is 9.64 Å². The van der Waals surface area contributed by atoms with Gasteiger partial charge in [-0.15, -0.1) is 12.8 Å². The van der Waals surface area contributed by atoms with Gasteiger partial charge in [0.15, 0.2) is 0 Å². The van der Waals surface area contributed by atoms with Crippen molar-refractivity contribution < 1.29 is 9.13 Å². The highest BCUT2D eigenvalue weighted by atomic mass is 35.5. The standard InChI is InChI=1S/C23H24ClFN4O.C2H2/c1-28-9-6-23(7-10-28,19-2-4-21(25)5-3-19)16-30-15-18-13-20(24)12-17-14-27-29(11-8-26)22(17)18;1-2/h2-5,12-14H,6-7,9-11,15-16H2,1H3;1-2H. The minimum atomic E-state index is -0.227. The highest BCUT2D eigenvalue weighted by Gasteiger charge is 2.36. The highest BCUT2D eigenvalue weighted by molar-refractivity contribution is 6.31. The fraction of sp³-hybridized carbons (Fsp3) is 0.360. The van der Waals surface area contributed by atoms with Crippen molar-refractivity contribution in [1.29, 1.82) is 5.26 Å². The number of likely N-dealkylation sites (tertiary alicyclic amines) is 1. The van der Waals surface area contributed by atoms with Crippen LogP contribution in [0.1, 0.15) is 24.0 Å². The molecule has 1 aliphatic rings. The lowest BCUT2D eigenvalue weighted by atomic mass is 9.73. The average Bonchev–Trinajstić information content (AvgIpc) is 3.20. The molecule has 0 radical (unpaired) electrons. The second-order valence-electron chi connectivity index (χ2n) is 8.05. The van der Waals surface area contributed by atoms with Crippen molar-refractivity contribution in [3.05, 3.63) is 64.6 Å². The molecule has 1 saturated heterocycles. The summed E-state index contributed by atoms with van der Waals surface area (Å²) >= 11 is 6.29. The maximum Gasteiger partial charge on any atom is 0.128 e. The van der Waals surface area contributed by atoms with E-state index in [1.165, 1.54) is 12.1 Å². The van der Waals surface area contributed by atoms with Gasteiger partial charge in [-0.1, -0.05) is 23.7 Å². The molecule has 4 rings (SSSR count). The Hall–Kier alpha value is -2.90. The van der Waals surface area contributed by atoms with Crippen LogP contribution in [0.2, 0.25) is 5.02 Å². The molecule has 0 bridgehead atoms. The Morgan fingerprint density at radius 1 is 1.22 bits per heavy atom. The van der Waals surface area contributed by atoms with E-state index in [2.05, 4.69) is 36.0 Å². The van der Waals surface area contributed by atoms with Gasteiger partial charge in [0, 0.05) is 21.4 Å². The molecular weight excluding hydrogens is 427 g/mol. The lowest BCUT2D eigenvalue weighted by Crippen LogP contribution is -2.43. The molecule has 1 fully saturated rings. The summed E-state index contributed by atoms with van der Waals surface area (Å²) in [6.45, 7) is 3.01. The number of rotatable bonds is 6. The Morgan fingerprint density at radius 2 is 1.91 bits per heavy atom. The van der Waals surface area contributed by atoms with Crippen molar-refractivity contribution in [2.45, 2.75) is 31.4 Å². The smallest absolute Gasteiger partial charge is 0.128 e. The minimum Gasteiger partial charge on any atom is -0.376 e. The second-order valence-corrected chi connectivity index (χ2v) is 8.48. The molecule has 1 aliphatic heterocycles. The molecule has 0 spiro atoms. The Morgan fingerprint density at radius 3 is 2.56 bits per heavy atom. The Labute approximate surface area is 193 Å². The molecule has 5 nitrogen and oxygen atoms in total. The van der Waals surface area contributed by atoms with Crippen LogP contribution in [0.4, 0.5) is 4.39 Å². The number of nitrogens with zero attached hydrogens (tertiary/aromatic N) is 4. The number of hydrogen-bond acceptors (Lipinski definition) is 4. The van der Waals surface area contributed by atoms with Crippen molar-refractivity contribution in [2.75, 3.05) is 26.7 Å². The largest absolute Gasteiger partial charge is 0.376 e. The van der Waals surface area contributed by atoms with E-state index >= 15 is 0 Å². The van der Waals surface area contributed by atoms with Gasteiger partial charge in [0.1, 0.15) is 12.4 Å².